The van der Waals surface area contributed by atoms with Gasteiger partial charge in [0.25, 0.3) is 0 Å². The average Bonchev–Trinajstić information content (AvgIpc) is 2.99. The van der Waals surface area contributed by atoms with E-state index < -0.39 is 60.3 Å². The minimum atomic E-state index is -1.45. The highest BCUT2D eigenvalue weighted by Crippen LogP contribution is 2.62. The van der Waals surface area contributed by atoms with Gasteiger partial charge in [-0.2, -0.15) is 0 Å². The number of carboxylic acid groups (broad SMARTS) is 1. The second-order valence-corrected chi connectivity index (χ2v) is 13.4. The summed E-state index contributed by atoms with van der Waals surface area (Å²) in [6.07, 6.45) is 6.21. The van der Waals surface area contributed by atoms with E-state index in [-0.39, 0.29) is 23.2 Å². The van der Waals surface area contributed by atoms with E-state index in [9.17, 15) is 33.5 Å². The first-order chi connectivity index (χ1) is 21.0. The Hall–Kier alpha value is -4.08. The Balaban J connectivity index is 1.49. The lowest BCUT2D eigenvalue weighted by Crippen LogP contribution is -2.60. The number of ketones is 1. The fourth-order valence-electron chi connectivity index (χ4n) is 8.99. The summed E-state index contributed by atoms with van der Waals surface area (Å²) in [5.74, 6) is -2.73. The summed E-state index contributed by atoms with van der Waals surface area (Å²) in [5.41, 5.74) is 0.745. The van der Waals surface area contributed by atoms with E-state index >= 15 is 0 Å². The highest BCUT2D eigenvalue weighted by Gasteiger charge is 2.54. The molecule has 0 unspecified atom stereocenters. The topological polar surface area (TPSA) is 124 Å². The van der Waals surface area contributed by atoms with Crippen molar-refractivity contribution in [3.05, 3.63) is 65.5 Å². The van der Waals surface area contributed by atoms with Crippen molar-refractivity contribution in [2.24, 2.45) is 23.2 Å². The molecular formula is C34H38FN3O6. The van der Waals surface area contributed by atoms with Crippen LogP contribution in [0.3, 0.4) is 0 Å². The van der Waals surface area contributed by atoms with Crippen molar-refractivity contribution < 1.29 is 33.5 Å². The SMILES string of the molecule is CC(=O)N1[C@@H](C(=O)NCC(=O)O)CC(=O)c2cc(F)ccc2N(Cc2ccccc2)C(=O)[C@@H]1CC12CC3CC(CC(C3)C1)C2. The minimum Gasteiger partial charge on any atom is -0.480 e. The number of nitrogens with zero attached hydrogens (tertiary/aromatic N) is 2. The summed E-state index contributed by atoms with van der Waals surface area (Å²) in [6, 6.07) is 10.4. The van der Waals surface area contributed by atoms with Gasteiger partial charge in [-0.3, -0.25) is 24.0 Å². The van der Waals surface area contributed by atoms with Crippen LogP contribution in [0.4, 0.5) is 10.1 Å². The maximum Gasteiger partial charge on any atom is 0.322 e. The lowest BCUT2D eigenvalue weighted by atomic mass is 9.48. The van der Waals surface area contributed by atoms with Crippen LogP contribution < -0.4 is 10.2 Å². The zero-order valence-electron chi connectivity index (χ0n) is 24.8. The van der Waals surface area contributed by atoms with E-state index in [4.69, 9.17) is 0 Å². The third-order valence-corrected chi connectivity index (χ3v) is 10.2. The molecule has 0 radical (unpaired) electrons. The fraction of sp³-hybridized carbons (Fsp3) is 0.500. The van der Waals surface area contributed by atoms with Crippen LogP contribution in [0, 0.1) is 29.0 Å². The van der Waals surface area contributed by atoms with Gasteiger partial charge in [0, 0.05) is 18.9 Å². The third kappa shape index (κ3) is 5.86. The summed E-state index contributed by atoms with van der Waals surface area (Å²) in [6.45, 7) is 0.632. The Labute approximate surface area is 255 Å². The number of amides is 3. The number of carboxylic acids is 1. The summed E-state index contributed by atoms with van der Waals surface area (Å²) in [5, 5.41) is 11.6. The van der Waals surface area contributed by atoms with Crippen LogP contribution in [0.5, 0.6) is 0 Å². The predicted octanol–water partition coefficient (Wildman–Crippen LogP) is 4.34. The normalized spacial score (nSPS) is 29.5. The number of benzene rings is 2. The molecule has 232 valence electrons. The van der Waals surface area contributed by atoms with Crippen LogP contribution >= 0.6 is 0 Å². The monoisotopic (exact) mass is 603 g/mol. The van der Waals surface area contributed by atoms with Gasteiger partial charge in [-0.25, -0.2) is 4.39 Å². The van der Waals surface area contributed by atoms with Crippen molar-refractivity contribution in [1.29, 1.82) is 0 Å². The molecule has 7 rings (SSSR count). The molecule has 4 fully saturated rings. The van der Waals surface area contributed by atoms with Crippen molar-refractivity contribution in [2.45, 2.75) is 76.9 Å². The summed E-state index contributed by atoms with van der Waals surface area (Å²) in [7, 11) is 0. The molecule has 9 nitrogen and oxygen atoms in total. The summed E-state index contributed by atoms with van der Waals surface area (Å²) < 4.78 is 14.6. The Kier molecular flexibility index (Phi) is 8.02. The number of hydrogen-bond acceptors (Lipinski definition) is 5. The lowest BCUT2D eigenvalue weighted by molar-refractivity contribution is -0.150. The number of carbonyl (C=O) groups excluding carboxylic acids is 4. The number of carbonyl (C=O) groups is 5. The highest BCUT2D eigenvalue weighted by molar-refractivity contribution is 6.10. The minimum absolute atomic E-state index is 0.0655. The third-order valence-electron chi connectivity index (χ3n) is 10.2. The number of nitrogens with one attached hydrogen (secondary N) is 1. The van der Waals surface area contributed by atoms with Crippen LogP contribution in [-0.2, 0) is 25.7 Å². The van der Waals surface area contributed by atoms with E-state index in [0.717, 1.165) is 30.9 Å². The van der Waals surface area contributed by atoms with E-state index in [0.29, 0.717) is 24.2 Å². The number of halogens is 1. The molecule has 4 bridgehead atoms. The van der Waals surface area contributed by atoms with E-state index in [1.54, 1.807) is 0 Å². The molecule has 0 spiro atoms. The Morgan fingerprint density at radius 1 is 0.977 bits per heavy atom. The zero-order chi connectivity index (χ0) is 31.2. The quantitative estimate of drug-likeness (QED) is 0.486. The molecule has 44 heavy (non-hydrogen) atoms. The molecule has 10 heteroatoms. The summed E-state index contributed by atoms with van der Waals surface area (Å²) in [4.78, 5) is 70.0. The highest BCUT2D eigenvalue weighted by atomic mass is 19.1. The smallest absolute Gasteiger partial charge is 0.322 e. The Morgan fingerprint density at radius 3 is 2.20 bits per heavy atom. The van der Waals surface area contributed by atoms with Crippen LogP contribution in [0.25, 0.3) is 0 Å². The predicted molar refractivity (Wildman–Crippen MR) is 159 cm³/mol. The van der Waals surface area contributed by atoms with Gasteiger partial charge in [-0.1, -0.05) is 30.3 Å². The number of aliphatic carboxylic acids is 1. The van der Waals surface area contributed by atoms with Gasteiger partial charge in [0.15, 0.2) is 5.78 Å². The Bertz CT molecular complexity index is 1460. The van der Waals surface area contributed by atoms with Crippen molar-refractivity contribution in [3.63, 3.8) is 0 Å². The molecule has 1 aliphatic heterocycles. The van der Waals surface area contributed by atoms with Crippen molar-refractivity contribution in [3.8, 4) is 0 Å². The number of hydrogen-bond donors (Lipinski definition) is 2. The van der Waals surface area contributed by atoms with Gasteiger partial charge in [-0.05, 0) is 91.9 Å². The second kappa shape index (κ2) is 11.8. The number of Topliss-reactive ketones (excluding diaryl/α,β-unsaturated/α-hetero) is 1. The largest absolute Gasteiger partial charge is 0.480 e. The lowest BCUT2D eigenvalue weighted by Gasteiger charge is -2.58. The van der Waals surface area contributed by atoms with Gasteiger partial charge in [0.1, 0.15) is 24.4 Å². The molecular weight excluding hydrogens is 565 g/mol. The van der Waals surface area contributed by atoms with Crippen LogP contribution in [0.2, 0.25) is 0 Å². The van der Waals surface area contributed by atoms with Gasteiger partial charge in [0.2, 0.25) is 17.7 Å². The van der Waals surface area contributed by atoms with E-state index in [1.807, 2.05) is 30.3 Å². The van der Waals surface area contributed by atoms with E-state index in [2.05, 4.69) is 5.32 Å². The van der Waals surface area contributed by atoms with Crippen molar-refractivity contribution in [2.75, 3.05) is 11.4 Å². The molecule has 5 aliphatic rings. The number of rotatable bonds is 7. The molecule has 2 aromatic carbocycles. The van der Waals surface area contributed by atoms with Crippen molar-refractivity contribution in [1.82, 2.24) is 10.2 Å². The molecule has 4 saturated carbocycles. The van der Waals surface area contributed by atoms with Crippen molar-refractivity contribution >= 4 is 35.2 Å². The van der Waals surface area contributed by atoms with Crippen LogP contribution in [0.1, 0.15) is 74.2 Å². The van der Waals surface area contributed by atoms with Gasteiger partial charge in [0.05, 0.1) is 12.2 Å². The molecule has 2 atom stereocenters. The molecule has 2 N–H and O–H groups in total. The molecule has 4 aliphatic carbocycles. The molecule has 0 aromatic heterocycles. The molecule has 2 aromatic rings. The maximum atomic E-state index is 15.0. The molecule has 0 saturated heterocycles. The number of anilines is 1. The van der Waals surface area contributed by atoms with Gasteiger partial charge >= 0.3 is 5.97 Å². The summed E-state index contributed by atoms with van der Waals surface area (Å²) >= 11 is 0. The second-order valence-electron chi connectivity index (χ2n) is 13.4. The first-order valence-electron chi connectivity index (χ1n) is 15.5. The van der Waals surface area contributed by atoms with E-state index in [1.165, 1.54) is 48.1 Å². The molecule has 3 amide bonds. The zero-order valence-corrected chi connectivity index (χ0v) is 24.8. The first-order valence-corrected chi connectivity index (χ1v) is 15.5. The number of fused-ring (bicyclic) bond motifs is 1. The standard InChI is InChI=1S/C34H38FN3O6/c1-20(39)38-28(32(43)36-18-31(41)42)13-30(40)26-12-25(35)7-8-27(26)37(19-21-5-3-2-4-6-21)33(44)29(38)17-34-14-22-9-23(15-34)11-24(10-22)16-34/h2-8,12,22-24,28-29H,9-11,13-19H2,1H3,(H,36,43)(H,41,42)/t22?,23?,24?,28-,29+,34?/m1/s1. The Morgan fingerprint density at radius 2 is 1.61 bits per heavy atom. The average molecular weight is 604 g/mol. The van der Waals surface area contributed by atoms with Gasteiger partial charge < -0.3 is 20.2 Å². The maximum absolute atomic E-state index is 15.0. The van der Waals surface area contributed by atoms with Crippen LogP contribution in [-0.4, -0.2) is 58.1 Å². The van der Waals surface area contributed by atoms with Crippen LogP contribution in [0.15, 0.2) is 48.5 Å². The van der Waals surface area contributed by atoms with Gasteiger partial charge in [-0.15, -0.1) is 0 Å². The fourth-order valence-corrected chi connectivity index (χ4v) is 8.99. The first kappa shape index (κ1) is 30.0. The molecule has 1 heterocycles.